The summed E-state index contributed by atoms with van der Waals surface area (Å²) in [5.41, 5.74) is 0.404. The van der Waals surface area contributed by atoms with Crippen LogP contribution in [0.1, 0.15) is 17.3 Å². The van der Waals surface area contributed by atoms with Gasteiger partial charge in [0.2, 0.25) is 0 Å². The van der Waals surface area contributed by atoms with Crippen LogP contribution < -0.4 is 15.9 Å². The molecule has 5 heteroatoms. The zero-order chi connectivity index (χ0) is 14.5. The number of nitrogens with zero attached hydrogens (tertiary/aromatic N) is 1. The number of carbonyl (C=O) groups excluding carboxylic acids is 2. The van der Waals surface area contributed by atoms with Gasteiger partial charge in [-0.2, -0.15) is 0 Å². The van der Waals surface area contributed by atoms with E-state index in [0.29, 0.717) is 18.7 Å². The Morgan fingerprint density at radius 2 is 2.05 bits per heavy atom. The fourth-order valence-corrected chi connectivity index (χ4v) is 2.30. The Morgan fingerprint density at radius 3 is 2.65 bits per heavy atom. The number of aromatic amines is 1. The third-order valence-electron chi connectivity index (χ3n) is 3.37. The number of aromatic nitrogens is 1. The molecule has 1 aliphatic rings. The van der Waals surface area contributed by atoms with Gasteiger partial charge in [0, 0.05) is 42.9 Å². The molecule has 0 aliphatic carbocycles. The summed E-state index contributed by atoms with van der Waals surface area (Å²) >= 11 is 0. The molecule has 1 aliphatic heterocycles. The molecule has 0 unspecified atom stereocenters. The quantitative estimate of drug-likeness (QED) is 0.571. The topological polar surface area (TPSA) is 65.2 Å². The van der Waals surface area contributed by atoms with Gasteiger partial charge in [0.05, 0.1) is 5.56 Å². The first kappa shape index (κ1) is 14.3. The molecule has 0 atom stereocenters. The molecule has 5 nitrogen and oxygen atoms in total. The van der Waals surface area contributed by atoms with Crippen LogP contribution in [0.5, 0.6) is 0 Å². The van der Waals surface area contributed by atoms with E-state index in [1.165, 1.54) is 0 Å². The number of hydrogen-bond donors (Lipinski definition) is 2. The van der Waals surface area contributed by atoms with Gasteiger partial charge in [-0.3, -0.25) is 9.59 Å². The molecule has 1 amide bonds. The van der Waals surface area contributed by atoms with E-state index in [1.807, 2.05) is 13.0 Å². The van der Waals surface area contributed by atoms with Crippen molar-refractivity contribution in [2.45, 2.75) is 6.92 Å². The van der Waals surface area contributed by atoms with Crippen molar-refractivity contribution < 1.29 is 9.59 Å². The van der Waals surface area contributed by atoms with E-state index in [1.54, 1.807) is 23.2 Å². The molecule has 1 aromatic rings. The number of H-pyrrole nitrogens is 1. The number of nitrogens with one attached hydrogen (secondary N) is 2. The van der Waals surface area contributed by atoms with Crippen molar-refractivity contribution in [2.75, 3.05) is 26.2 Å². The van der Waals surface area contributed by atoms with Gasteiger partial charge in [-0.15, -0.1) is 0 Å². The number of Topliss-reactive ketones (excluding diaryl/α,β-unsaturated/α-hetero) is 1. The first-order valence-corrected chi connectivity index (χ1v) is 6.70. The minimum Gasteiger partial charge on any atom is -0.361 e. The third-order valence-corrected chi connectivity index (χ3v) is 3.37. The molecule has 20 heavy (non-hydrogen) atoms. The molecule has 0 aromatic carbocycles. The van der Waals surface area contributed by atoms with Crippen molar-refractivity contribution in [3.63, 3.8) is 0 Å². The highest BCUT2D eigenvalue weighted by Crippen LogP contribution is 1.99. The predicted molar refractivity (Wildman–Crippen MR) is 78.6 cm³/mol. The summed E-state index contributed by atoms with van der Waals surface area (Å²) in [5, 5.41) is 4.70. The van der Waals surface area contributed by atoms with Crippen LogP contribution in [0.25, 0.3) is 12.2 Å². The van der Waals surface area contributed by atoms with Crippen LogP contribution >= 0.6 is 0 Å². The first-order valence-electron chi connectivity index (χ1n) is 6.70. The van der Waals surface area contributed by atoms with Crippen molar-refractivity contribution in [1.82, 2.24) is 15.2 Å². The van der Waals surface area contributed by atoms with Crippen LogP contribution in [-0.2, 0) is 4.79 Å². The third kappa shape index (κ3) is 2.72. The van der Waals surface area contributed by atoms with Crippen molar-refractivity contribution in [2.24, 2.45) is 0 Å². The lowest BCUT2D eigenvalue weighted by molar-refractivity contribution is -0.127. The second kappa shape index (κ2) is 6.34. The lowest BCUT2D eigenvalue weighted by Gasteiger charge is -2.26. The number of carbonyl (C=O) groups is 2. The van der Waals surface area contributed by atoms with Crippen LogP contribution in [0.4, 0.5) is 0 Å². The van der Waals surface area contributed by atoms with Crippen molar-refractivity contribution in [3.8, 4) is 0 Å². The van der Waals surface area contributed by atoms with Gasteiger partial charge in [-0.1, -0.05) is 24.8 Å². The highest BCUT2D eigenvalue weighted by Gasteiger charge is 2.25. The zero-order valence-electron chi connectivity index (χ0n) is 11.6. The fourth-order valence-electron chi connectivity index (χ4n) is 2.30. The number of amides is 1. The van der Waals surface area contributed by atoms with E-state index in [9.17, 15) is 9.59 Å². The van der Waals surface area contributed by atoms with Crippen LogP contribution in [0.2, 0.25) is 0 Å². The molecule has 1 aromatic heterocycles. The molecule has 1 fully saturated rings. The molecule has 2 rings (SSSR count). The molecule has 0 radical (unpaired) electrons. The molecular weight excluding hydrogens is 254 g/mol. The fraction of sp³-hybridized carbons (Fsp3) is 0.333. The second-order valence-corrected chi connectivity index (χ2v) is 4.59. The number of rotatable bonds is 3. The zero-order valence-corrected chi connectivity index (χ0v) is 11.6. The number of ketones is 1. The molecular formula is C15H19N3O2. The normalized spacial score (nSPS) is 17.4. The van der Waals surface area contributed by atoms with Crippen LogP contribution in [-0.4, -0.2) is 47.8 Å². The summed E-state index contributed by atoms with van der Waals surface area (Å²) in [6.45, 7) is 8.12. The molecule has 0 bridgehead atoms. The van der Waals surface area contributed by atoms with Crippen molar-refractivity contribution in [1.29, 1.82) is 0 Å². The van der Waals surface area contributed by atoms with Gasteiger partial charge in [0.1, 0.15) is 0 Å². The van der Waals surface area contributed by atoms with E-state index in [2.05, 4.69) is 16.9 Å². The largest absolute Gasteiger partial charge is 0.361 e. The van der Waals surface area contributed by atoms with E-state index in [4.69, 9.17) is 0 Å². The maximum Gasteiger partial charge on any atom is 0.295 e. The van der Waals surface area contributed by atoms with Gasteiger partial charge >= 0.3 is 0 Å². The summed E-state index contributed by atoms with van der Waals surface area (Å²) in [5.74, 6) is -0.906. The van der Waals surface area contributed by atoms with Crippen LogP contribution in [0, 0.1) is 0 Å². The molecule has 2 heterocycles. The maximum atomic E-state index is 12.4. The molecule has 1 saturated heterocycles. The van der Waals surface area contributed by atoms with E-state index >= 15 is 0 Å². The number of allylic oxidation sites excluding steroid dienone is 1. The van der Waals surface area contributed by atoms with Gasteiger partial charge < -0.3 is 15.2 Å². The number of hydrogen-bond acceptors (Lipinski definition) is 3. The smallest absolute Gasteiger partial charge is 0.295 e. The lowest BCUT2D eigenvalue weighted by atomic mass is 10.1. The predicted octanol–water partition coefficient (Wildman–Crippen LogP) is -0.604. The average molecular weight is 273 g/mol. The summed E-state index contributed by atoms with van der Waals surface area (Å²) in [4.78, 5) is 29.2. The first-order chi connectivity index (χ1) is 9.69. The molecule has 0 saturated carbocycles. The summed E-state index contributed by atoms with van der Waals surface area (Å²) in [6, 6.07) is 0. The molecule has 106 valence electrons. The minimum absolute atomic E-state index is 0.404. The second-order valence-electron chi connectivity index (χ2n) is 4.59. The number of piperazine rings is 1. The Morgan fingerprint density at radius 1 is 1.35 bits per heavy atom. The Kier molecular flexibility index (Phi) is 4.53. The monoisotopic (exact) mass is 273 g/mol. The summed E-state index contributed by atoms with van der Waals surface area (Å²) in [7, 11) is 0. The highest BCUT2D eigenvalue weighted by atomic mass is 16.2. The van der Waals surface area contributed by atoms with Gasteiger partial charge in [-0.05, 0) is 6.92 Å². The Bertz CT molecular complexity index is 637. The maximum absolute atomic E-state index is 12.4. The average Bonchev–Trinajstić information content (AvgIpc) is 2.90. The Labute approximate surface area is 117 Å². The minimum atomic E-state index is -0.468. The standard InChI is InChI=1S/C15H19N3O2/c1-3-5-11-12(10-17-13(11)4-2)14(19)15(20)18-8-6-16-7-9-18/h3-5,10,16-17H,1,6-9H2,2H3/b11-5-,13-4+. The molecule has 0 spiro atoms. The highest BCUT2D eigenvalue weighted by molar-refractivity contribution is 6.42. The summed E-state index contributed by atoms with van der Waals surface area (Å²) in [6.07, 6.45) is 6.81. The van der Waals surface area contributed by atoms with E-state index < -0.39 is 11.7 Å². The van der Waals surface area contributed by atoms with Gasteiger partial charge in [-0.25, -0.2) is 0 Å². The Balaban J connectivity index is 2.34. The van der Waals surface area contributed by atoms with Crippen LogP contribution in [0.15, 0.2) is 18.9 Å². The summed E-state index contributed by atoms with van der Waals surface area (Å²) < 4.78 is 0. The van der Waals surface area contributed by atoms with E-state index in [0.717, 1.165) is 23.7 Å². The molecule has 2 N–H and O–H groups in total. The Hall–Kier alpha value is -2.14. The lowest BCUT2D eigenvalue weighted by Crippen LogP contribution is -2.49. The van der Waals surface area contributed by atoms with Crippen molar-refractivity contribution in [3.05, 3.63) is 35.0 Å². The van der Waals surface area contributed by atoms with Crippen LogP contribution in [0.3, 0.4) is 0 Å². The van der Waals surface area contributed by atoms with E-state index in [-0.39, 0.29) is 0 Å². The van der Waals surface area contributed by atoms with Gasteiger partial charge in [0.15, 0.2) is 0 Å². The SMILES string of the molecule is C=C/C=c1/c(C(=O)C(=O)N2CCNCC2)c[nH]/c1=C/C. The van der Waals surface area contributed by atoms with Gasteiger partial charge in [0.25, 0.3) is 11.7 Å². The van der Waals surface area contributed by atoms with Crippen molar-refractivity contribution >= 4 is 23.8 Å².